The van der Waals surface area contributed by atoms with Crippen LogP contribution in [0, 0.1) is 5.41 Å². The second-order valence-electron chi connectivity index (χ2n) is 6.35. The molecule has 2 atom stereocenters. The van der Waals surface area contributed by atoms with Crippen molar-refractivity contribution in [3.05, 3.63) is 36.3 Å². The minimum absolute atomic E-state index is 0.306. The molecule has 2 N–H and O–H groups in total. The zero-order valence-corrected chi connectivity index (χ0v) is 12.5. The summed E-state index contributed by atoms with van der Waals surface area (Å²) in [6.07, 6.45) is 6.94. The van der Waals surface area contributed by atoms with Gasteiger partial charge >= 0.3 is 0 Å². The van der Waals surface area contributed by atoms with Gasteiger partial charge in [-0.3, -0.25) is 4.98 Å². The van der Waals surface area contributed by atoms with Crippen LogP contribution in [0.3, 0.4) is 0 Å². The fourth-order valence-corrected chi connectivity index (χ4v) is 3.70. The Hall–Kier alpha value is -1.94. The van der Waals surface area contributed by atoms with Crippen molar-refractivity contribution in [2.75, 3.05) is 13.1 Å². The van der Waals surface area contributed by atoms with Crippen molar-refractivity contribution < 1.29 is 0 Å². The van der Waals surface area contributed by atoms with Crippen LogP contribution in [0.4, 0.5) is 0 Å². The highest BCUT2D eigenvalue weighted by atomic mass is 14.9. The highest BCUT2D eigenvalue weighted by Crippen LogP contribution is 2.44. The average Bonchev–Trinajstić information content (AvgIpc) is 3.13. The first-order valence-electron chi connectivity index (χ1n) is 7.64. The molecule has 108 valence electrons. The van der Waals surface area contributed by atoms with Gasteiger partial charge in [0, 0.05) is 42.2 Å². The molecule has 1 saturated heterocycles. The standard InChI is InChI=1S/C17H20N4/c1-3-17(2)10-18-8-13(17)11-4-6-19-14-9-21-16-12(15(11)14)5-7-20-16/h4-7,9,13,18H,3,8,10H2,1-2H3,(H,20,21)/t13?,17-/m0/s1. The molecule has 4 nitrogen and oxygen atoms in total. The summed E-state index contributed by atoms with van der Waals surface area (Å²) in [4.78, 5) is 12.2. The fourth-order valence-electron chi connectivity index (χ4n) is 3.70. The van der Waals surface area contributed by atoms with Gasteiger partial charge in [-0.1, -0.05) is 13.8 Å². The van der Waals surface area contributed by atoms with Crippen LogP contribution in [0.1, 0.15) is 31.7 Å². The summed E-state index contributed by atoms with van der Waals surface area (Å²) >= 11 is 0. The molecule has 3 aromatic rings. The average molecular weight is 280 g/mol. The van der Waals surface area contributed by atoms with E-state index in [1.54, 1.807) is 0 Å². The third-order valence-corrected chi connectivity index (χ3v) is 5.22. The lowest BCUT2D eigenvalue weighted by molar-refractivity contribution is 0.310. The van der Waals surface area contributed by atoms with E-state index in [1.807, 2.05) is 18.6 Å². The third-order valence-electron chi connectivity index (χ3n) is 5.22. The lowest BCUT2D eigenvalue weighted by atomic mass is 9.73. The first-order valence-corrected chi connectivity index (χ1v) is 7.64. The van der Waals surface area contributed by atoms with Crippen molar-refractivity contribution in [2.24, 2.45) is 5.41 Å². The summed E-state index contributed by atoms with van der Waals surface area (Å²) < 4.78 is 0. The molecule has 0 saturated carbocycles. The van der Waals surface area contributed by atoms with Crippen LogP contribution in [0.5, 0.6) is 0 Å². The van der Waals surface area contributed by atoms with Crippen LogP contribution in [-0.2, 0) is 0 Å². The van der Waals surface area contributed by atoms with Crippen molar-refractivity contribution >= 4 is 21.9 Å². The van der Waals surface area contributed by atoms with E-state index in [0.29, 0.717) is 11.3 Å². The Kier molecular flexibility index (Phi) is 2.76. The summed E-state index contributed by atoms with van der Waals surface area (Å²) in [6, 6.07) is 4.31. The van der Waals surface area contributed by atoms with Crippen molar-refractivity contribution in [2.45, 2.75) is 26.2 Å². The Morgan fingerprint density at radius 1 is 1.33 bits per heavy atom. The minimum Gasteiger partial charge on any atom is -0.346 e. The number of nitrogens with zero attached hydrogens (tertiary/aromatic N) is 2. The highest BCUT2D eigenvalue weighted by molar-refractivity contribution is 6.05. The Balaban J connectivity index is 2.02. The Bertz CT molecular complexity index is 807. The van der Waals surface area contributed by atoms with Gasteiger partial charge in [-0.15, -0.1) is 0 Å². The number of hydrogen-bond acceptors (Lipinski definition) is 3. The quantitative estimate of drug-likeness (QED) is 0.758. The SMILES string of the molecule is CC[C@@]1(C)CNCC1c1ccnc2cnc3[nH]ccc3c12. The number of aromatic nitrogens is 3. The van der Waals surface area contributed by atoms with Gasteiger partial charge in [-0.2, -0.15) is 0 Å². The highest BCUT2D eigenvalue weighted by Gasteiger charge is 2.39. The van der Waals surface area contributed by atoms with Gasteiger partial charge in [0.1, 0.15) is 5.65 Å². The molecule has 1 fully saturated rings. The number of nitrogens with one attached hydrogen (secondary N) is 2. The van der Waals surface area contributed by atoms with E-state index in [2.05, 4.69) is 46.2 Å². The first kappa shape index (κ1) is 12.8. The molecule has 1 unspecified atom stereocenters. The molecule has 21 heavy (non-hydrogen) atoms. The maximum Gasteiger partial charge on any atom is 0.137 e. The van der Waals surface area contributed by atoms with Crippen molar-refractivity contribution in [3.8, 4) is 0 Å². The molecule has 0 radical (unpaired) electrons. The summed E-state index contributed by atoms with van der Waals surface area (Å²) in [5.74, 6) is 0.522. The van der Waals surface area contributed by atoms with Crippen LogP contribution in [-0.4, -0.2) is 28.0 Å². The lowest BCUT2D eigenvalue weighted by Crippen LogP contribution is -2.24. The zero-order valence-electron chi connectivity index (χ0n) is 12.5. The Labute approximate surface area is 124 Å². The van der Waals surface area contributed by atoms with Gasteiger partial charge in [0.05, 0.1) is 11.7 Å². The molecular formula is C17H20N4. The first-order chi connectivity index (χ1) is 10.2. The largest absolute Gasteiger partial charge is 0.346 e. The van der Waals surface area contributed by atoms with Gasteiger partial charge in [-0.05, 0) is 29.5 Å². The van der Waals surface area contributed by atoms with Gasteiger partial charge in [0.15, 0.2) is 0 Å². The number of hydrogen-bond donors (Lipinski definition) is 2. The molecule has 1 aliphatic rings. The van der Waals surface area contributed by atoms with Crippen LogP contribution >= 0.6 is 0 Å². The second-order valence-corrected chi connectivity index (χ2v) is 6.35. The monoisotopic (exact) mass is 280 g/mol. The molecule has 4 heteroatoms. The molecule has 0 bridgehead atoms. The van der Waals surface area contributed by atoms with E-state index in [-0.39, 0.29) is 0 Å². The van der Waals surface area contributed by atoms with Crippen LogP contribution < -0.4 is 5.32 Å². The molecular weight excluding hydrogens is 260 g/mol. The molecule has 0 amide bonds. The summed E-state index contributed by atoms with van der Waals surface area (Å²) in [5, 5.41) is 6.02. The van der Waals surface area contributed by atoms with Crippen LogP contribution in [0.15, 0.2) is 30.7 Å². The molecule has 0 aliphatic carbocycles. The van der Waals surface area contributed by atoms with Crippen molar-refractivity contribution in [3.63, 3.8) is 0 Å². The normalized spacial score (nSPS) is 25.9. The van der Waals surface area contributed by atoms with E-state index < -0.39 is 0 Å². The smallest absolute Gasteiger partial charge is 0.137 e. The van der Waals surface area contributed by atoms with E-state index in [1.165, 1.54) is 22.8 Å². The van der Waals surface area contributed by atoms with Crippen molar-refractivity contribution in [1.29, 1.82) is 0 Å². The lowest BCUT2D eigenvalue weighted by Gasteiger charge is -2.30. The molecule has 4 heterocycles. The van der Waals surface area contributed by atoms with Crippen LogP contribution in [0.2, 0.25) is 0 Å². The van der Waals surface area contributed by atoms with E-state index in [9.17, 15) is 0 Å². The molecule has 0 aromatic carbocycles. The Morgan fingerprint density at radius 2 is 2.24 bits per heavy atom. The summed E-state index contributed by atoms with van der Waals surface area (Å²) in [6.45, 7) is 6.80. The number of aromatic amines is 1. The van der Waals surface area contributed by atoms with Gasteiger partial charge in [-0.25, -0.2) is 4.98 Å². The fraction of sp³-hybridized carbons (Fsp3) is 0.412. The van der Waals surface area contributed by atoms with E-state index in [0.717, 1.165) is 24.3 Å². The second kappa shape index (κ2) is 4.53. The zero-order chi connectivity index (χ0) is 14.4. The molecule has 0 spiro atoms. The number of fused-ring (bicyclic) bond motifs is 3. The molecule has 4 rings (SSSR count). The number of H-pyrrole nitrogens is 1. The summed E-state index contributed by atoms with van der Waals surface area (Å²) in [7, 11) is 0. The number of pyridine rings is 2. The molecule has 3 aromatic heterocycles. The van der Waals surface area contributed by atoms with Crippen molar-refractivity contribution in [1.82, 2.24) is 20.3 Å². The van der Waals surface area contributed by atoms with E-state index >= 15 is 0 Å². The molecule has 1 aliphatic heterocycles. The van der Waals surface area contributed by atoms with E-state index in [4.69, 9.17) is 0 Å². The predicted octanol–water partition coefficient (Wildman–Crippen LogP) is 3.21. The summed E-state index contributed by atoms with van der Waals surface area (Å²) in [5.41, 5.74) is 3.65. The van der Waals surface area contributed by atoms with Gasteiger partial charge in [0.25, 0.3) is 0 Å². The van der Waals surface area contributed by atoms with Gasteiger partial charge < -0.3 is 10.3 Å². The van der Waals surface area contributed by atoms with Crippen LogP contribution in [0.25, 0.3) is 21.9 Å². The minimum atomic E-state index is 0.306. The predicted molar refractivity (Wildman–Crippen MR) is 85.4 cm³/mol. The maximum atomic E-state index is 4.52. The maximum absolute atomic E-state index is 4.52. The third kappa shape index (κ3) is 1.79. The topological polar surface area (TPSA) is 53.6 Å². The number of rotatable bonds is 2. The Morgan fingerprint density at radius 3 is 3.10 bits per heavy atom. The van der Waals surface area contributed by atoms with Gasteiger partial charge in [0.2, 0.25) is 0 Å².